The van der Waals surface area contributed by atoms with Gasteiger partial charge in [-0.25, -0.2) is 0 Å². The van der Waals surface area contributed by atoms with E-state index >= 15 is 0 Å². The van der Waals surface area contributed by atoms with Crippen molar-refractivity contribution in [3.8, 4) is 0 Å². The van der Waals surface area contributed by atoms with E-state index < -0.39 is 0 Å². The van der Waals surface area contributed by atoms with Gasteiger partial charge in [-0.15, -0.1) is 0 Å². The summed E-state index contributed by atoms with van der Waals surface area (Å²) in [6, 6.07) is 9.04. The lowest BCUT2D eigenvalue weighted by Crippen LogP contribution is -2.33. The van der Waals surface area contributed by atoms with Crippen LogP contribution < -0.4 is 0 Å². The third-order valence-corrected chi connectivity index (χ3v) is 5.12. The minimum atomic E-state index is -0.125. The maximum absolute atomic E-state index is 13.2. The molecular formula is C22H31N3O. The molecular weight excluding hydrogens is 322 g/mol. The van der Waals surface area contributed by atoms with Gasteiger partial charge in [0.15, 0.2) is 0 Å². The molecule has 0 atom stereocenters. The van der Waals surface area contributed by atoms with Crippen molar-refractivity contribution < 1.29 is 4.79 Å². The number of benzene rings is 1. The van der Waals surface area contributed by atoms with Crippen molar-refractivity contribution in [2.24, 2.45) is 0 Å². The molecule has 1 aliphatic rings. The molecule has 1 aromatic carbocycles. The van der Waals surface area contributed by atoms with E-state index in [4.69, 9.17) is 0 Å². The zero-order valence-electron chi connectivity index (χ0n) is 16.9. The largest absolute Gasteiger partial charge is 0.331 e. The van der Waals surface area contributed by atoms with Crippen LogP contribution in [0.3, 0.4) is 0 Å². The van der Waals surface area contributed by atoms with Crippen molar-refractivity contribution in [3.63, 3.8) is 0 Å². The molecule has 0 saturated heterocycles. The van der Waals surface area contributed by atoms with Crippen LogP contribution in [0.25, 0.3) is 0 Å². The number of nitrogens with zero attached hydrogens (tertiary/aromatic N) is 3. The highest BCUT2D eigenvalue weighted by Gasteiger charge is 2.35. The van der Waals surface area contributed by atoms with E-state index in [1.54, 1.807) is 6.20 Å². The topological polar surface area (TPSA) is 38.1 Å². The number of carbonyl (C=O) groups excluding carboxylic acids is 1. The highest BCUT2D eigenvalue weighted by atomic mass is 16.2. The van der Waals surface area contributed by atoms with Crippen LogP contribution in [0.4, 0.5) is 0 Å². The number of hydrogen-bond donors (Lipinski definition) is 0. The Morgan fingerprint density at radius 1 is 1.23 bits per heavy atom. The van der Waals surface area contributed by atoms with E-state index in [0.29, 0.717) is 18.5 Å². The third kappa shape index (κ3) is 3.84. The lowest BCUT2D eigenvalue weighted by molar-refractivity contribution is 0.0729. The van der Waals surface area contributed by atoms with Gasteiger partial charge in [-0.2, -0.15) is 5.10 Å². The van der Waals surface area contributed by atoms with Crippen molar-refractivity contribution in [2.45, 2.75) is 78.4 Å². The van der Waals surface area contributed by atoms with Crippen LogP contribution in [0, 0.1) is 6.92 Å². The van der Waals surface area contributed by atoms with Gasteiger partial charge < -0.3 is 4.90 Å². The Hall–Kier alpha value is -2.10. The van der Waals surface area contributed by atoms with E-state index in [2.05, 4.69) is 64.0 Å². The second-order valence-electron chi connectivity index (χ2n) is 8.79. The van der Waals surface area contributed by atoms with Gasteiger partial charge >= 0.3 is 0 Å². The van der Waals surface area contributed by atoms with Crippen LogP contribution >= 0.6 is 0 Å². The molecule has 4 nitrogen and oxygen atoms in total. The van der Waals surface area contributed by atoms with Gasteiger partial charge in [0.2, 0.25) is 0 Å². The second-order valence-corrected chi connectivity index (χ2v) is 8.79. The average Bonchev–Trinajstić information content (AvgIpc) is 3.33. The molecule has 1 fully saturated rings. The molecule has 1 aliphatic carbocycles. The highest BCUT2D eigenvalue weighted by molar-refractivity contribution is 5.95. The second kappa shape index (κ2) is 6.90. The third-order valence-electron chi connectivity index (χ3n) is 5.12. The number of amides is 1. The Balaban J connectivity index is 1.82. The standard InChI is InChI=1S/C22H31N3O/c1-15(2)18-9-7-17(8-10-18)14-24(19-11-12-19)21(26)20-13-23-25(16(20)3)22(4,5)6/h7-10,13,15,19H,11-12,14H2,1-6H3. The van der Waals surface area contributed by atoms with Crippen LogP contribution in [0.15, 0.2) is 30.5 Å². The molecule has 0 radical (unpaired) electrons. The normalized spacial score (nSPS) is 14.7. The van der Waals surface area contributed by atoms with Gasteiger partial charge in [0, 0.05) is 18.3 Å². The number of aromatic nitrogens is 2. The van der Waals surface area contributed by atoms with Gasteiger partial charge in [-0.05, 0) is 57.6 Å². The smallest absolute Gasteiger partial charge is 0.257 e. The molecule has 0 spiro atoms. The predicted molar refractivity (Wildman–Crippen MR) is 105 cm³/mol. The van der Waals surface area contributed by atoms with Gasteiger partial charge in [0.1, 0.15) is 0 Å². The number of hydrogen-bond acceptors (Lipinski definition) is 2. The summed E-state index contributed by atoms with van der Waals surface area (Å²) in [5.41, 5.74) is 4.07. The highest BCUT2D eigenvalue weighted by Crippen LogP contribution is 2.31. The van der Waals surface area contributed by atoms with Crippen LogP contribution in [0.1, 0.15) is 80.6 Å². The fourth-order valence-electron chi connectivity index (χ4n) is 3.41. The molecule has 1 amide bonds. The molecule has 140 valence electrons. The maximum atomic E-state index is 13.2. The van der Waals surface area contributed by atoms with E-state index in [1.807, 2.05) is 16.5 Å². The molecule has 3 rings (SSSR count). The molecule has 0 unspecified atom stereocenters. The summed E-state index contributed by atoms with van der Waals surface area (Å²) in [6.45, 7) is 13.4. The summed E-state index contributed by atoms with van der Waals surface area (Å²) in [5, 5.41) is 4.48. The van der Waals surface area contributed by atoms with Crippen LogP contribution in [-0.2, 0) is 12.1 Å². The monoisotopic (exact) mass is 353 g/mol. The first-order chi connectivity index (χ1) is 12.2. The number of carbonyl (C=O) groups is 1. The molecule has 1 aromatic heterocycles. The maximum Gasteiger partial charge on any atom is 0.257 e. The Labute approximate surface area is 157 Å². The summed E-state index contributed by atoms with van der Waals surface area (Å²) in [5.74, 6) is 0.629. The molecule has 4 heteroatoms. The number of rotatable bonds is 5. The first kappa shape index (κ1) is 18.7. The zero-order chi connectivity index (χ0) is 19.1. The molecule has 1 heterocycles. The summed E-state index contributed by atoms with van der Waals surface area (Å²) in [7, 11) is 0. The molecule has 1 saturated carbocycles. The van der Waals surface area contributed by atoms with E-state index in [9.17, 15) is 4.79 Å². The van der Waals surface area contributed by atoms with Crippen molar-refractivity contribution in [1.82, 2.24) is 14.7 Å². The van der Waals surface area contributed by atoms with Crippen LogP contribution in [0.5, 0.6) is 0 Å². The SMILES string of the molecule is Cc1c(C(=O)N(Cc2ccc(C(C)C)cc2)C2CC2)cnn1C(C)(C)C. The van der Waals surface area contributed by atoms with Crippen LogP contribution in [-0.4, -0.2) is 26.6 Å². The van der Waals surface area contributed by atoms with E-state index in [1.165, 1.54) is 11.1 Å². The fraction of sp³-hybridized carbons (Fsp3) is 0.545. The fourth-order valence-corrected chi connectivity index (χ4v) is 3.41. The molecule has 0 bridgehead atoms. The Kier molecular flexibility index (Phi) is 4.96. The van der Waals surface area contributed by atoms with E-state index in [0.717, 1.165) is 24.1 Å². The minimum Gasteiger partial charge on any atom is -0.331 e. The molecule has 26 heavy (non-hydrogen) atoms. The predicted octanol–water partition coefficient (Wildman–Crippen LogP) is 4.87. The lowest BCUT2D eigenvalue weighted by atomic mass is 10.0. The molecule has 2 aromatic rings. The Morgan fingerprint density at radius 3 is 2.31 bits per heavy atom. The van der Waals surface area contributed by atoms with Crippen LogP contribution in [0.2, 0.25) is 0 Å². The first-order valence-electron chi connectivity index (χ1n) is 9.63. The zero-order valence-corrected chi connectivity index (χ0v) is 16.9. The van der Waals surface area contributed by atoms with Gasteiger partial charge in [0.05, 0.1) is 17.3 Å². The minimum absolute atomic E-state index is 0.105. The first-order valence-corrected chi connectivity index (χ1v) is 9.63. The average molecular weight is 354 g/mol. The Morgan fingerprint density at radius 2 is 1.85 bits per heavy atom. The summed E-state index contributed by atoms with van der Waals surface area (Å²) in [4.78, 5) is 15.3. The quantitative estimate of drug-likeness (QED) is 0.769. The Bertz CT molecular complexity index is 777. The van der Waals surface area contributed by atoms with Gasteiger partial charge in [0.25, 0.3) is 5.91 Å². The van der Waals surface area contributed by atoms with Crippen molar-refractivity contribution >= 4 is 5.91 Å². The van der Waals surface area contributed by atoms with Gasteiger partial charge in [-0.3, -0.25) is 9.48 Å². The lowest BCUT2D eigenvalue weighted by Gasteiger charge is -2.24. The summed E-state index contributed by atoms with van der Waals surface area (Å²) < 4.78 is 1.95. The van der Waals surface area contributed by atoms with Gasteiger partial charge in [-0.1, -0.05) is 38.1 Å². The van der Waals surface area contributed by atoms with Crippen molar-refractivity contribution in [3.05, 3.63) is 52.8 Å². The van der Waals surface area contributed by atoms with Crippen molar-refractivity contribution in [2.75, 3.05) is 0 Å². The van der Waals surface area contributed by atoms with E-state index in [-0.39, 0.29) is 11.4 Å². The van der Waals surface area contributed by atoms with Crippen molar-refractivity contribution in [1.29, 1.82) is 0 Å². The summed E-state index contributed by atoms with van der Waals surface area (Å²) >= 11 is 0. The molecule has 0 N–H and O–H groups in total. The molecule has 0 aliphatic heterocycles. The summed E-state index contributed by atoms with van der Waals surface area (Å²) in [6.07, 6.45) is 3.94.